The first kappa shape index (κ1) is 25.5. The van der Waals surface area contributed by atoms with Crippen molar-refractivity contribution in [1.82, 2.24) is 4.90 Å². The Morgan fingerprint density at radius 3 is 2.50 bits per heavy atom. The second-order valence-corrected chi connectivity index (χ2v) is 10.1. The van der Waals surface area contributed by atoms with E-state index in [0.717, 1.165) is 35.2 Å². The van der Waals surface area contributed by atoms with Gasteiger partial charge in [-0.1, -0.05) is 30.0 Å². The Morgan fingerprint density at radius 1 is 1.11 bits per heavy atom. The summed E-state index contributed by atoms with van der Waals surface area (Å²) in [7, 11) is 0. The monoisotopic (exact) mass is 546 g/mol. The highest BCUT2D eigenvalue weighted by atomic mass is 32.2. The summed E-state index contributed by atoms with van der Waals surface area (Å²) in [5.74, 6) is -4.10. The van der Waals surface area contributed by atoms with E-state index in [1.807, 2.05) is 0 Å². The molecule has 1 fully saturated rings. The summed E-state index contributed by atoms with van der Waals surface area (Å²) < 4.78 is 27.1. The summed E-state index contributed by atoms with van der Waals surface area (Å²) in [6.45, 7) is 0.0254. The summed E-state index contributed by atoms with van der Waals surface area (Å²) in [6, 6.07) is 8.94. The van der Waals surface area contributed by atoms with Crippen LogP contribution in [0.1, 0.15) is 21.7 Å². The first-order valence-electron chi connectivity index (χ1n) is 10.3. The standard InChI is InChI=1S/C24H16F2N2O5S3/c25-16-6-3-13(9-17(16)26)15-11-35-18(21(15)30)10-19-22(31)28(24(34)36-19)8-7-20(29)27-14-4-1-12(2-5-14)23(32)33/h1-6,9-11,30H,7-8H2,(H,27,29)(H,32,33)/b19-10-. The lowest BCUT2D eigenvalue weighted by atomic mass is 10.1. The predicted octanol–water partition coefficient (Wildman–Crippen LogP) is 5.33. The maximum absolute atomic E-state index is 13.6. The minimum atomic E-state index is -1.08. The molecule has 1 aliphatic rings. The Labute approximate surface area is 217 Å². The molecule has 2 amide bonds. The molecule has 3 aromatic rings. The smallest absolute Gasteiger partial charge is 0.335 e. The van der Waals surface area contributed by atoms with Crippen LogP contribution in [0.25, 0.3) is 17.2 Å². The number of aromatic carboxylic acids is 1. The van der Waals surface area contributed by atoms with Crippen LogP contribution in [0.2, 0.25) is 0 Å². The lowest BCUT2D eigenvalue weighted by Crippen LogP contribution is -2.31. The van der Waals surface area contributed by atoms with E-state index in [4.69, 9.17) is 17.3 Å². The summed E-state index contributed by atoms with van der Waals surface area (Å²) in [6.07, 6.45) is 1.41. The number of hydrogen-bond acceptors (Lipinski definition) is 7. The summed E-state index contributed by atoms with van der Waals surface area (Å²) >= 11 is 7.42. The summed E-state index contributed by atoms with van der Waals surface area (Å²) in [5, 5.41) is 23.7. The average molecular weight is 547 g/mol. The molecule has 7 nitrogen and oxygen atoms in total. The molecule has 12 heteroatoms. The SMILES string of the molecule is O=C(CCN1C(=O)/C(=C/c2scc(-c3ccc(F)c(F)c3)c2O)SC1=S)Nc1ccc(C(=O)O)cc1. The van der Waals surface area contributed by atoms with E-state index in [2.05, 4.69) is 5.32 Å². The van der Waals surface area contributed by atoms with E-state index < -0.39 is 23.5 Å². The molecular weight excluding hydrogens is 530 g/mol. The highest BCUT2D eigenvalue weighted by Gasteiger charge is 2.32. The fraction of sp³-hybridized carbons (Fsp3) is 0.0833. The number of carbonyl (C=O) groups excluding carboxylic acids is 2. The Hall–Kier alpha value is -3.61. The van der Waals surface area contributed by atoms with Gasteiger partial charge in [0.1, 0.15) is 10.1 Å². The molecule has 3 N–H and O–H groups in total. The molecule has 1 aromatic heterocycles. The first-order chi connectivity index (χ1) is 17.1. The van der Waals surface area contributed by atoms with Crippen molar-refractivity contribution in [3.63, 3.8) is 0 Å². The number of thiocarbonyl (C=S) groups is 1. The van der Waals surface area contributed by atoms with Gasteiger partial charge in [0.2, 0.25) is 5.91 Å². The highest BCUT2D eigenvalue weighted by Crippen LogP contribution is 2.41. The van der Waals surface area contributed by atoms with Gasteiger partial charge in [0.05, 0.1) is 15.3 Å². The van der Waals surface area contributed by atoms with Crippen LogP contribution in [0, 0.1) is 11.6 Å². The predicted molar refractivity (Wildman–Crippen MR) is 138 cm³/mol. The van der Waals surface area contributed by atoms with Crippen molar-refractivity contribution in [3.05, 3.63) is 74.8 Å². The lowest BCUT2D eigenvalue weighted by Gasteiger charge is -2.14. The van der Waals surface area contributed by atoms with Crippen molar-refractivity contribution >= 4 is 69.2 Å². The van der Waals surface area contributed by atoms with Crippen LogP contribution >= 0.6 is 35.3 Å². The van der Waals surface area contributed by atoms with Crippen LogP contribution < -0.4 is 5.32 Å². The van der Waals surface area contributed by atoms with E-state index in [9.17, 15) is 28.3 Å². The zero-order valence-electron chi connectivity index (χ0n) is 18.2. The van der Waals surface area contributed by atoms with E-state index in [-0.39, 0.29) is 39.4 Å². The average Bonchev–Trinajstić information content (AvgIpc) is 3.33. The van der Waals surface area contributed by atoms with E-state index in [0.29, 0.717) is 21.7 Å². The molecule has 184 valence electrons. The normalized spacial score (nSPS) is 14.5. The molecule has 0 spiro atoms. The molecule has 1 aliphatic heterocycles. The zero-order chi connectivity index (χ0) is 26.0. The number of benzene rings is 2. The number of carbonyl (C=O) groups is 3. The van der Waals surface area contributed by atoms with Gasteiger partial charge in [0.15, 0.2) is 11.6 Å². The number of nitrogens with zero attached hydrogens (tertiary/aromatic N) is 1. The number of hydrogen-bond donors (Lipinski definition) is 3. The van der Waals surface area contributed by atoms with Gasteiger partial charge in [-0.25, -0.2) is 13.6 Å². The number of nitrogens with one attached hydrogen (secondary N) is 1. The van der Waals surface area contributed by atoms with Gasteiger partial charge < -0.3 is 15.5 Å². The zero-order valence-corrected chi connectivity index (χ0v) is 20.6. The van der Waals surface area contributed by atoms with Crippen molar-refractivity contribution in [2.75, 3.05) is 11.9 Å². The molecule has 0 bridgehead atoms. The molecule has 1 saturated heterocycles. The third-order valence-corrected chi connectivity index (χ3v) is 7.43. The second kappa shape index (κ2) is 10.6. The molecule has 0 atom stereocenters. The van der Waals surface area contributed by atoms with Crippen LogP contribution in [0.4, 0.5) is 14.5 Å². The Morgan fingerprint density at radius 2 is 1.83 bits per heavy atom. The van der Waals surface area contributed by atoms with Crippen LogP contribution in [0.3, 0.4) is 0 Å². The number of anilines is 1. The number of carboxylic acids is 1. The number of rotatable bonds is 7. The van der Waals surface area contributed by atoms with Gasteiger partial charge in [-0.2, -0.15) is 0 Å². The van der Waals surface area contributed by atoms with Crippen molar-refractivity contribution in [2.45, 2.75) is 6.42 Å². The molecule has 2 aromatic carbocycles. The number of aromatic hydroxyl groups is 1. The molecule has 4 rings (SSSR count). The minimum absolute atomic E-state index is 0.0254. The molecule has 2 heterocycles. The van der Waals surface area contributed by atoms with Crippen molar-refractivity contribution < 1.29 is 33.4 Å². The van der Waals surface area contributed by atoms with Gasteiger partial charge in [-0.15, -0.1) is 11.3 Å². The van der Waals surface area contributed by atoms with Crippen LogP contribution in [-0.4, -0.2) is 43.8 Å². The molecule has 0 saturated carbocycles. The number of halogens is 2. The van der Waals surface area contributed by atoms with Crippen molar-refractivity contribution in [3.8, 4) is 16.9 Å². The Balaban J connectivity index is 1.41. The molecule has 0 radical (unpaired) electrons. The first-order valence-corrected chi connectivity index (χ1v) is 12.4. The molecule has 0 unspecified atom stereocenters. The largest absolute Gasteiger partial charge is 0.506 e. The summed E-state index contributed by atoms with van der Waals surface area (Å²) in [4.78, 5) is 37.9. The molecular formula is C24H16F2N2O5S3. The maximum atomic E-state index is 13.6. The van der Waals surface area contributed by atoms with Crippen LogP contribution in [0.15, 0.2) is 52.7 Å². The third-order valence-electron chi connectivity index (χ3n) is 5.14. The van der Waals surface area contributed by atoms with E-state index >= 15 is 0 Å². The topological polar surface area (TPSA) is 107 Å². The van der Waals surface area contributed by atoms with Gasteiger partial charge in [0, 0.05) is 29.6 Å². The quantitative estimate of drug-likeness (QED) is 0.272. The van der Waals surface area contributed by atoms with Crippen molar-refractivity contribution in [2.24, 2.45) is 0 Å². The fourth-order valence-electron chi connectivity index (χ4n) is 3.28. The van der Waals surface area contributed by atoms with Crippen molar-refractivity contribution in [1.29, 1.82) is 0 Å². The van der Waals surface area contributed by atoms with Crippen LogP contribution in [-0.2, 0) is 9.59 Å². The molecule has 0 aliphatic carbocycles. The number of thiophene rings is 1. The molecule has 36 heavy (non-hydrogen) atoms. The Kier molecular flexibility index (Phi) is 7.48. The van der Waals surface area contributed by atoms with Crippen LogP contribution in [0.5, 0.6) is 5.75 Å². The van der Waals surface area contributed by atoms with Gasteiger partial charge >= 0.3 is 5.97 Å². The van der Waals surface area contributed by atoms with E-state index in [1.165, 1.54) is 41.3 Å². The van der Waals surface area contributed by atoms with Gasteiger partial charge in [0.25, 0.3) is 5.91 Å². The number of thioether (sulfide) groups is 1. The number of amides is 2. The highest BCUT2D eigenvalue weighted by molar-refractivity contribution is 8.26. The fourth-order valence-corrected chi connectivity index (χ4v) is 5.55. The second-order valence-electron chi connectivity index (χ2n) is 7.51. The lowest BCUT2D eigenvalue weighted by molar-refractivity contribution is -0.122. The maximum Gasteiger partial charge on any atom is 0.335 e. The minimum Gasteiger partial charge on any atom is -0.506 e. The van der Waals surface area contributed by atoms with Gasteiger partial charge in [-0.05, 0) is 48.0 Å². The summed E-state index contributed by atoms with van der Waals surface area (Å²) in [5.41, 5.74) is 1.10. The van der Waals surface area contributed by atoms with Gasteiger partial charge in [-0.3, -0.25) is 14.5 Å². The van der Waals surface area contributed by atoms with E-state index in [1.54, 1.807) is 5.38 Å². The third kappa shape index (κ3) is 5.45. The number of carboxylic acid groups (broad SMARTS) is 1. The Bertz CT molecular complexity index is 1420.